The predicted molar refractivity (Wildman–Crippen MR) is 107 cm³/mol. The zero-order chi connectivity index (χ0) is 18.5. The first kappa shape index (κ1) is 18.9. The van der Waals surface area contributed by atoms with Crippen LogP contribution in [0.3, 0.4) is 0 Å². The summed E-state index contributed by atoms with van der Waals surface area (Å²) in [7, 11) is 5.74. The Hall–Kier alpha value is -1.85. The summed E-state index contributed by atoms with van der Waals surface area (Å²) in [6, 6.07) is 10.2. The van der Waals surface area contributed by atoms with Crippen molar-refractivity contribution in [3.05, 3.63) is 51.2 Å². The van der Waals surface area contributed by atoms with E-state index in [0.717, 1.165) is 29.0 Å². The minimum atomic E-state index is 0.0396. The smallest absolute Gasteiger partial charge is 0.261 e. The molecule has 1 aromatic carbocycles. The highest BCUT2D eigenvalue weighted by molar-refractivity contribution is 7.14. The van der Waals surface area contributed by atoms with Crippen molar-refractivity contribution >= 4 is 17.2 Å². The summed E-state index contributed by atoms with van der Waals surface area (Å²) >= 11 is 1.67. The molecule has 0 radical (unpaired) electrons. The molecule has 5 heteroatoms. The van der Waals surface area contributed by atoms with Crippen LogP contribution in [-0.4, -0.2) is 38.6 Å². The van der Waals surface area contributed by atoms with E-state index in [4.69, 9.17) is 4.74 Å². The molecular formula is C21H28N2O2S. The number of methoxy groups -OCH3 is 1. The lowest BCUT2D eigenvalue weighted by Crippen LogP contribution is -2.34. The first-order valence-electron chi connectivity index (χ1n) is 9.28. The molecule has 1 unspecified atom stereocenters. The maximum absolute atomic E-state index is 12.7. The minimum Gasteiger partial charge on any atom is -0.497 e. The zero-order valence-corrected chi connectivity index (χ0v) is 16.7. The molecule has 1 aliphatic carbocycles. The number of nitrogens with zero attached hydrogens (tertiary/aromatic N) is 1. The summed E-state index contributed by atoms with van der Waals surface area (Å²) in [6.07, 6.45) is 6.02. The third-order valence-corrected chi connectivity index (χ3v) is 6.26. The number of amides is 1. The van der Waals surface area contributed by atoms with E-state index in [9.17, 15) is 4.79 Å². The molecular weight excluding hydrogens is 344 g/mol. The molecule has 1 N–H and O–H groups in total. The largest absolute Gasteiger partial charge is 0.497 e. The molecule has 0 bridgehead atoms. The Labute approximate surface area is 160 Å². The van der Waals surface area contributed by atoms with E-state index in [1.165, 1.54) is 29.7 Å². The van der Waals surface area contributed by atoms with Gasteiger partial charge in [0.2, 0.25) is 0 Å². The third-order valence-electron chi connectivity index (χ3n) is 5.03. The van der Waals surface area contributed by atoms with Crippen molar-refractivity contribution in [1.29, 1.82) is 0 Å². The molecule has 3 rings (SSSR count). The molecule has 1 heterocycles. The molecule has 0 spiro atoms. The van der Waals surface area contributed by atoms with Crippen LogP contribution in [0.15, 0.2) is 30.3 Å². The van der Waals surface area contributed by atoms with Crippen molar-refractivity contribution in [1.82, 2.24) is 10.2 Å². The number of hydrogen-bond acceptors (Lipinski definition) is 4. The molecule has 1 aromatic heterocycles. The van der Waals surface area contributed by atoms with Gasteiger partial charge in [0.25, 0.3) is 5.91 Å². The number of hydrogen-bond donors (Lipinski definition) is 1. The maximum atomic E-state index is 12.7. The average Bonchev–Trinajstić information content (AvgIpc) is 2.92. The van der Waals surface area contributed by atoms with Crippen molar-refractivity contribution in [3.63, 3.8) is 0 Å². The van der Waals surface area contributed by atoms with Gasteiger partial charge in [-0.05, 0) is 69.1 Å². The molecule has 0 aliphatic heterocycles. The van der Waals surface area contributed by atoms with E-state index in [1.807, 2.05) is 32.3 Å². The fourth-order valence-electron chi connectivity index (χ4n) is 3.50. The Balaban J connectivity index is 1.68. The third kappa shape index (κ3) is 4.46. The summed E-state index contributed by atoms with van der Waals surface area (Å²) < 4.78 is 5.33. The minimum absolute atomic E-state index is 0.0396. The van der Waals surface area contributed by atoms with Crippen LogP contribution >= 0.6 is 11.3 Å². The van der Waals surface area contributed by atoms with Crippen LogP contribution in [-0.2, 0) is 12.8 Å². The van der Waals surface area contributed by atoms with Crippen LogP contribution in [0.25, 0.3) is 0 Å². The topological polar surface area (TPSA) is 41.6 Å². The van der Waals surface area contributed by atoms with Crippen LogP contribution in [0.5, 0.6) is 5.75 Å². The number of fused-ring (bicyclic) bond motifs is 1. The molecule has 0 saturated heterocycles. The fourth-order valence-corrected chi connectivity index (χ4v) is 4.67. The molecule has 0 fully saturated rings. The zero-order valence-electron chi connectivity index (χ0n) is 15.9. The quantitative estimate of drug-likeness (QED) is 0.778. The standard InChI is InChI=1S/C21H28N2O2S/c1-23(2)18(15-9-7-10-17(12-15)25-3)14-22-21(24)20-13-16-8-5-4-6-11-19(16)26-20/h7,9-10,12-13,18H,4-6,8,11,14H2,1-3H3,(H,22,24). The maximum Gasteiger partial charge on any atom is 0.261 e. The Morgan fingerprint density at radius 3 is 2.81 bits per heavy atom. The van der Waals surface area contributed by atoms with Crippen molar-refractivity contribution < 1.29 is 9.53 Å². The Bertz CT molecular complexity index is 731. The molecule has 1 amide bonds. The number of thiophene rings is 1. The second kappa shape index (κ2) is 8.69. The van der Waals surface area contributed by atoms with Gasteiger partial charge in [-0.2, -0.15) is 0 Å². The normalized spacial score (nSPS) is 15.2. The first-order chi connectivity index (χ1) is 12.6. The SMILES string of the molecule is COc1cccc(C(CNC(=O)c2cc3c(s2)CCCCC3)N(C)C)c1. The Morgan fingerprint density at radius 2 is 2.04 bits per heavy atom. The van der Waals surface area contributed by atoms with Gasteiger partial charge in [-0.3, -0.25) is 4.79 Å². The van der Waals surface area contributed by atoms with Crippen molar-refractivity contribution in [3.8, 4) is 5.75 Å². The number of nitrogens with one attached hydrogen (secondary N) is 1. The predicted octanol–water partition coefficient (Wildman–Crippen LogP) is 4.06. The molecule has 0 saturated carbocycles. The van der Waals surface area contributed by atoms with Gasteiger partial charge in [0.15, 0.2) is 0 Å². The fraction of sp³-hybridized carbons (Fsp3) is 0.476. The van der Waals surface area contributed by atoms with Gasteiger partial charge in [0.05, 0.1) is 18.0 Å². The van der Waals surface area contributed by atoms with Gasteiger partial charge in [0.1, 0.15) is 5.75 Å². The number of ether oxygens (including phenoxy) is 1. The van der Waals surface area contributed by atoms with Gasteiger partial charge >= 0.3 is 0 Å². The lowest BCUT2D eigenvalue weighted by atomic mass is 10.1. The summed E-state index contributed by atoms with van der Waals surface area (Å²) in [5.74, 6) is 0.875. The number of carbonyl (C=O) groups is 1. The summed E-state index contributed by atoms with van der Waals surface area (Å²) in [4.78, 5) is 17.1. The van der Waals surface area contributed by atoms with E-state index in [0.29, 0.717) is 6.54 Å². The van der Waals surface area contributed by atoms with Gasteiger partial charge in [-0.1, -0.05) is 18.6 Å². The number of likely N-dealkylation sites (N-methyl/N-ethyl adjacent to an activating group) is 1. The van der Waals surface area contributed by atoms with E-state index in [-0.39, 0.29) is 11.9 Å². The van der Waals surface area contributed by atoms with Crippen molar-refractivity contribution in [2.75, 3.05) is 27.7 Å². The molecule has 1 atom stereocenters. The van der Waals surface area contributed by atoms with Crippen LogP contribution in [0.2, 0.25) is 0 Å². The van der Waals surface area contributed by atoms with E-state index < -0.39 is 0 Å². The monoisotopic (exact) mass is 372 g/mol. The highest BCUT2D eigenvalue weighted by Gasteiger charge is 2.19. The van der Waals surface area contributed by atoms with Gasteiger partial charge in [-0.15, -0.1) is 11.3 Å². The molecule has 26 heavy (non-hydrogen) atoms. The number of benzene rings is 1. The van der Waals surface area contributed by atoms with Crippen LogP contribution in [0.1, 0.15) is 51.0 Å². The van der Waals surface area contributed by atoms with Crippen molar-refractivity contribution in [2.24, 2.45) is 0 Å². The lowest BCUT2D eigenvalue weighted by Gasteiger charge is -2.25. The molecule has 4 nitrogen and oxygen atoms in total. The summed E-state index contributed by atoms with van der Waals surface area (Å²) in [5.41, 5.74) is 2.52. The van der Waals surface area contributed by atoms with E-state index in [2.05, 4.69) is 22.3 Å². The molecule has 2 aromatic rings. The van der Waals surface area contributed by atoms with E-state index >= 15 is 0 Å². The van der Waals surface area contributed by atoms with Gasteiger partial charge in [-0.25, -0.2) is 0 Å². The van der Waals surface area contributed by atoms with Crippen LogP contribution in [0, 0.1) is 0 Å². The van der Waals surface area contributed by atoms with Gasteiger partial charge < -0.3 is 15.0 Å². The molecule has 1 aliphatic rings. The second-order valence-corrected chi connectivity index (χ2v) is 8.22. The van der Waals surface area contributed by atoms with Crippen LogP contribution in [0.4, 0.5) is 0 Å². The van der Waals surface area contributed by atoms with Crippen LogP contribution < -0.4 is 10.1 Å². The highest BCUT2D eigenvalue weighted by atomic mass is 32.1. The Kier molecular flexibility index (Phi) is 6.33. The lowest BCUT2D eigenvalue weighted by molar-refractivity contribution is 0.0946. The number of carbonyl (C=O) groups excluding carboxylic acids is 1. The van der Waals surface area contributed by atoms with E-state index in [1.54, 1.807) is 18.4 Å². The average molecular weight is 373 g/mol. The Morgan fingerprint density at radius 1 is 1.23 bits per heavy atom. The first-order valence-corrected chi connectivity index (χ1v) is 10.1. The van der Waals surface area contributed by atoms with Gasteiger partial charge in [0, 0.05) is 11.4 Å². The number of rotatable bonds is 6. The highest BCUT2D eigenvalue weighted by Crippen LogP contribution is 2.29. The summed E-state index contributed by atoms with van der Waals surface area (Å²) in [5, 5.41) is 3.13. The second-order valence-electron chi connectivity index (χ2n) is 7.09. The molecule has 140 valence electrons. The summed E-state index contributed by atoms with van der Waals surface area (Å²) in [6.45, 7) is 0.571. The van der Waals surface area contributed by atoms with Crippen molar-refractivity contribution in [2.45, 2.75) is 38.1 Å². The number of aryl methyl sites for hydroxylation is 2.